The zero-order chi connectivity index (χ0) is 0. The summed E-state index contributed by atoms with van der Waals surface area (Å²) < 4.78 is 0. The van der Waals surface area contributed by atoms with E-state index in [2.05, 4.69) is 0 Å². The van der Waals surface area contributed by atoms with Crippen LogP contribution in [0.1, 0.15) is 0 Å². The summed E-state index contributed by atoms with van der Waals surface area (Å²) in [5.74, 6) is 0. The second-order valence-electron chi connectivity index (χ2n) is 0. The molecule has 0 N–H and O–H groups in total. The van der Waals surface area contributed by atoms with E-state index in [1.165, 1.54) is 0 Å². The molecule has 6 heavy (non-hydrogen) atoms. The van der Waals surface area contributed by atoms with Crippen LogP contribution in [0.25, 0.3) is 0 Å². The van der Waals surface area contributed by atoms with Gasteiger partial charge in [-0.05, 0) is 0 Å². The van der Waals surface area contributed by atoms with Crippen LogP contribution in [0.4, 0.5) is 0 Å². The zero-order valence-corrected chi connectivity index (χ0v) is 8.67. The van der Waals surface area contributed by atoms with Crippen molar-refractivity contribution in [3.05, 3.63) is 0 Å². The molecule has 0 rings (SSSR count). The van der Waals surface area contributed by atoms with Crippen LogP contribution in [0.2, 0.25) is 0 Å². The molecule has 0 nitrogen and oxygen atoms in total. The van der Waals surface area contributed by atoms with Crippen LogP contribution < -0.4 is 91.6 Å². The summed E-state index contributed by atoms with van der Waals surface area (Å²) >= 11 is 0. The predicted molar refractivity (Wildman–Crippen MR) is 0 cm³/mol. The van der Waals surface area contributed by atoms with Crippen molar-refractivity contribution in [2.24, 2.45) is 0 Å². The molecule has 0 radical (unpaired) electrons. The minimum atomic E-state index is 0. The first-order valence-corrected chi connectivity index (χ1v) is 0. The predicted octanol–water partition coefficient (Wildman–Crippen LogP) is -18.0. The Bertz CT molecular complexity index is 3.90. The zero-order valence-electron chi connectivity index (χ0n) is 2.89. The topological polar surface area (TPSA) is 0 Å². The molecule has 0 amide bonds. The molecule has 0 bridgehead atoms. The van der Waals surface area contributed by atoms with E-state index in [0.29, 0.717) is 0 Å². The van der Waals surface area contributed by atoms with Crippen LogP contribution >= 0.6 is 0 Å². The van der Waals surface area contributed by atoms with E-state index in [0.717, 1.165) is 0 Å². The van der Waals surface area contributed by atoms with E-state index >= 15 is 0 Å². The summed E-state index contributed by atoms with van der Waals surface area (Å²) in [6.07, 6.45) is 0. The van der Waals surface area contributed by atoms with Crippen molar-refractivity contribution in [3.8, 4) is 0 Å². The Kier molecular flexibility index (Phi) is 672. The molecule has 0 spiro atoms. The van der Waals surface area contributed by atoms with Gasteiger partial charge in [0.05, 0.1) is 0 Å². The van der Waals surface area contributed by atoms with Crippen LogP contribution in [0.15, 0.2) is 0 Å². The second kappa shape index (κ2) is 51.6. The largest absolute Gasteiger partial charge is 1.00 e. The minimum Gasteiger partial charge on any atom is -1.00 e. The summed E-state index contributed by atoms with van der Waals surface area (Å²) in [4.78, 5) is 0. The first kappa shape index (κ1) is 78.1. The molecule has 0 aliphatic heterocycles. The Labute approximate surface area is 90.5 Å². The van der Waals surface area contributed by atoms with Crippen molar-refractivity contribution >= 4 is 0 Å². The monoisotopic (exact) mass is 198 g/mol. The van der Waals surface area contributed by atoms with Gasteiger partial charge in [0, 0.05) is 0 Å². The Hall–Kier alpha value is 2.45. The maximum absolute atomic E-state index is 0. The molecule has 0 atom stereocenters. The van der Waals surface area contributed by atoms with Crippen LogP contribution in [0.5, 0.6) is 0 Å². The van der Waals surface area contributed by atoms with Crippen molar-refractivity contribution < 1.29 is 91.6 Å². The van der Waals surface area contributed by atoms with Crippen molar-refractivity contribution in [2.75, 3.05) is 0 Å². The number of halogens is 5. The Morgan fingerprint density at radius 2 is 0.333 bits per heavy atom. The summed E-state index contributed by atoms with van der Waals surface area (Å²) in [5, 5.41) is 0. The molecular weight excluding hydrogens is 200 g/mol. The molecule has 0 saturated heterocycles. The van der Waals surface area contributed by atoms with Gasteiger partial charge in [-0.2, -0.15) is 0 Å². The second-order valence-corrected chi connectivity index (χ2v) is 0. The van der Waals surface area contributed by atoms with Gasteiger partial charge in [0.1, 0.15) is 0 Å². The fourth-order valence-electron chi connectivity index (χ4n) is 0. The number of rotatable bonds is 0. The van der Waals surface area contributed by atoms with Gasteiger partial charge in [-0.15, -0.1) is 0 Å². The van der Waals surface area contributed by atoms with Crippen LogP contribution in [0, 0.1) is 0 Å². The normalized spacial score (nSPS) is 0. The molecular formula is Cl5Na-4. The van der Waals surface area contributed by atoms with E-state index < -0.39 is 0 Å². The van der Waals surface area contributed by atoms with Crippen molar-refractivity contribution in [3.63, 3.8) is 0 Å². The molecule has 0 saturated carbocycles. The molecule has 0 fully saturated rings. The maximum Gasteiger partial charge on any atom is 1.00 e. The van der Waals surface area contributed by atoms with Crippen LogP contribution in [-0.2, 0) is 0 Å². The van der Waals surface area contributed by atoms with E-state index in [1.807, 2.05) is 0 Å². The molecule has 40 valence electrons. The van der Waals surface area contributed by atoms with E-state index in [1.54, 1.807) is 0 Å². The van der Waals surface area contributed by atoms with Gasteiger partial charge in [0.25, 0.3) is 0 Å². The van der Waals surface area contributed by atoms with E-state index in [9.17, 15) is 0 Å². The molecule has 0 aliphatic carbocycles. The quantitative estimate of drug-likeness (QED) is 0.341. The van der Waals surface area contributed by atoms with Crippen LogP contribution in [-0.4, -0.2) is 0 Å². The number of hydrogen-bond acceptors (Lipinski definition) is 0. The van der Waals surface area contributed by atoms with Gasteiger partial charge in [-0.1, -0.05) is 0 Å². The van der Waals surface area contributed by atoms with E-state index in [-0.39, 0.29) is 91.6 Å². The third-order valence-electron chi connectivity index (χ3n) is 0. The minimum absolute atomic E-state index is 0. The van der Waals surface area contributed by atoms with E-state index in [4.69, 9.17) is 0 Å². The molecule has 6 heteroatoms. The smallest absolute Gasteiger partial charge is 1.00 e. The third-order valence-corrected chi connectivity index (χ3v) is 0. The average molecular weight is 200 g/mol. The molecule has 0 aromatic carbocycles. The van der Waals surface area contributed by atoms with Gasteiger partial charge in [-0.3, -0.25) is 0 Å². The van der Waals surface area contributed by atoms with Gasteiger partial charge >= 0.3 is 29.6 Å². The first-order valence-electron chi connectivity index (χ1n) is 0. The third kappa shape index (κ3) is 31.9. The van der Waals surface area contributed by atoms with Crippen LogP contribution in [0.3, 0.4) is 0 Å². The summed E-state index contributed by atoms with van der Waals surface area (Å²) in [5.41, 5.74) is 0. The summed E-state index contributed by atoms with van der Waals surface area (Å²) in [6.45, 7) is 0. The Morgan fingerprint density at radius 1 is 0.333 bits per heavy atom. The van der Waals surface area contributed by atoms with Gasteiger partial charge in [0.15, 0.2) is 0 Å². The van der Waals surface area contributed by atoms with Gasteiger partial charge < -0.3 is 62.0 Å². The standard InChI is InChI=1S/5ClH.Na/h5*1H;/q;;;;;+1/p-5. The number of hydrogen-bond donors (Lipinski definition) is 0. The molecule has 0 heterocycles. The maximum atomic E-state index is 0. The molecule has 0 aromatic heterocycles. The van der Waals surface area contributed by atoms with Crippen molar-refractivity contribution in [1.82, 2.24) is 0 Å². The van der Waals surface area contributed by atoms with Crippen molar-refractivity contribution in [1.29, 1.82) is 0 Å². The van der Waals surface area contributed by atoms with Gasteiger partial charge in [-0.25, -0.2) is 0 Å². The summed E-state index contributed by atoms with van der Waals surface area (Å²) in [7, 11) is 0. The molecule has 0 unspecified atom stereocenters. The first-order chi connectivity index (χ1) is 0. The molecule has 0 aliphatic rings. The van der Waals surface area contributed by atoms with Crippen molar-refractivity contribution in [2.45, 2.75) is 0 Å². The summed E-state index contributed by atoms with van der Waals surface area (Å²) in [6, 6.07) is 0. The molecule has 0 aromatic rings. The fourth-order valence-corrected chi connectivity index (χ4v) is 0. The Balaban J connectivity index is 0. The Morgan fingerprint density at radius 3 is 0.333 bits per heavy atom. The SMILES string of the molecule is [Cl-].[Cl-].[Cl-].[Cl-].[Cl-].[Na+]. The fraction of sp³-hybridized carbons (Fsp3) is 0. The average Bonchev–Trinajstić information content (AvgIpc) is 0. The van der Waals surface area contributed by atoms with Gasteiger partial charge in [0.2, 0.25) is 0 Å².